The highest BCUT2D eigenvalue weighted by Crippen LogP contribution is 2.42. The molecule has 0 aliphatic carbocycles. The summed E-state index contributed by atoms with van der Waals surface area (Å²) in [6.45, 7) is 2.06. The van der Waals surface area contributed by atoms with Gasteiger partial charge in [-0.15, -0.1) is 0 Å². The van der Waals surface area contributed by atoms with Crippen molar-refractivity contribution in [3.63, 3.8) is 0 Å². The maximum atomic E-state index is 13.8. The topological polar surface area (TPSA) is 116 Å². The minimum atomic E-state index is -0.889. The number of pyridine rings is 1. The number of carbonyl (C=O) groups excluding carboxylic acids is 1. The van der Waals surface area contributed by atoms with Gasteiger partial charge in [0.25, 0.3) is 5.56 Å². The summed E-state index contributed by atoms with van der Waals surface area (Å²) >= 11 is 0. The number of nitrogens with zero attached hydrogens (tertiary/aromatic N) is 1. The van der Waals surface area contributed by atoms with Gasteiger partial charge in [-0.05, 0) is 43.2 Å². The number of phenolic OH excluding ortho intramolecular Hbond substituents is 1. The largest absolute Gasteiger partial charge is 0.508 e. The van der Waals surface area contributed by atoms with Gasteiger partial charge < -0.3 is 33.7 Å². The molecule has 0 fully saturated rings. The predicted octanol–water partition coefficient (Wildman–Crippen LogP) is 3.53. The fraction of sp³-hybridized carbons (Fsp3) is 0.333. The van der Waals surface area contributed by atoms with Crippen molar-refractivity contribution in [2.75, 3.05) is 28.4 Å². The van der Waals surface area contributed by atoms with Crippen molar-refractivity contribution in [3.8, 4) is 28.7 Å². The lowest BCUT2D eigenvalue weighted by Gasteiger charge is -2.23. The number of carbonyl (C=O) groups is 1. The van der Waals surface area contributed by atoms with Crippen LogP contribution in [0.3, 0.4) is 0 Å². The van der Waals surface area contributed by atoms with Gasteiger partial charge in [-0.3, -0.25) is 9.59 Å². The molecule has 1 atom stereocenters. The maximum absolute atomic E-state index is 13.8. The highest BCUT2D eigenvalue weighted by molar-refractivity contribution is 5.72. The van der Waals surface area contributed by atoms with Crippen LogP contribution >= 0.6 is 0 Å². The molecule has 9 heteroatoms. The molecule has 1 aromatic heterocycles. The molecule has 2 N–H and O–H groups in total. The molecule has 36 heavy (non-hydrogen) atoms. The minimum absolute atomic E-state index is 0.0437. The number of phenols is 1. The van der Waals surface area contributed by atoms with Gasteiger partial charge in [-0.1, -0.05) is 12.1 Å². The first-order valence-electron chi connectivity index (χ1n) is 11.3. The molecule has 2 aromatic carbocycles. The summed E-state index contributed by atoms with van der Waals surface area (Å²) in [7, 11) is 5.69. The summed E-state index contributed by atoms with van der Waals surface area (Å²) in [6, 6.07) is 11.5. The van der Waals surface area contributed by atoms with Gasteiger partial charge in [0, 0.05) is 29.8 Å². The summed E-state index contributed by atoms with van der Waals surface area (Å²) in [4.78, 5) is 26.2. The number of ether oxygens (including phenoxy) is 4. The molecular weight excluding hydrogens is 466 g/mol. The van der Waals surface area contributed by atoms with E-state index in [1.807, 2.05) is 0 Å². The number of hydrogen-bond donors (Lipinski definition) is 2. The van der Waals surface area contributed by atoms with E-state index in [0.717, 1.165) is 5.56 Å². The summed E-state index contributed by atoms with van der Waals surface area (Å²) < 4.78 is 22.8. The van der Waals surface area contributed by atoms with E-state index < -0.39 is 17.4 Å². The Bertz CT molecular complexity index is 1280. The van der Waals surface area contributed by atoms with Gasteiger partial charge in [0.2, 0.25) is 0 Å². The summed E-state index contributed by atoms with van der Waals surface area (Å²) in [6.07, 6.45) is 0.304. The summed E-state index contributed by atoms with van der Waals surface area (Å²) in [5.41, 5.74) is 1.57. The van der Waals surface area contributed by atoms with Crippen LogP contribution in [0, 0.1) is 6.92 Å². The van der Waals surface area contributed by atoms with Gasteiger partial charge >= 0.3 is 5.97 Å². The van der Waals surface area contributed by atoms with Crippen molar-refractivity contribution in [2.45, 2.75) is 32.2 Å². The fourth-order valence-corrected chi connectivity index (χ4v) is 4.22. The highest BCUT2D eigenvalue weighted by atomic mass is 16.5. The number of benzene rings is 2. The molecule has 192 valence electrons. The second-order valence-corrected chi connectivity index (χ2v) is 8.24. The van der Waals surface area contributed by atoms with Crippen LogP contribution in [0.4, 0.5) is 0 Å². The number of esters is 1. The first-order valence-corrected chi connectivity index (χ1v) is 11.3. The zero-order valence-electron chi connectivity index (χ0n) is 21.0. The van der Waals surface area contributed by atoms with Crippen molar-refractivity contribution in [3.05, 3.63) is 75.2 Å². The Morgan fingerprint density at radius 3 is 2.11 bits per heavy atom. The molecule has 0 amide bonds. The Balaban J connectivity index is 2.16. The van der Waals surface area contributed by atoms with E-state index in [2.05, 4.69) is 0 Å². The van der Waals surface area contributed by atoms with Gasteiger partial charge in [0.05, 0.1) is 40.4 Å². The van der Waals surface area contributed by atoms with Crippen molar-refractivity contribution in [1.82, 2.24) is 4.57 Å². The Hall–Kier alpha value is -4.14. The first kappa shape index (κ1) is 26.5. The van der Waals surface area contributed by atoms with Crippen LogP contribution in [0.15, 0.2) is 47.3 Å². The lowest BCUT2D eigenvalue weighted by Crippen LogP contribution is -2.29. The zero-order chi connectivity index (χ0) is 26.4. The zero-order valence-corrected chi connectivity index (χ0v) is 21.0. The summed E-state index contributed by atoms with van der Waals surface area (Å²) in [5.74, 6) is -0.377. The number of aryl methyl sites for hydroxylation is 2. The Morgan fingerprint density at radius 2 is 1.53 bits per heavy atom. The van der Waals surface area contributed by atoms with Crippen molar-refractivity contribution >= 4 is 5.97 Å². The number of methoxy groups -OCH3 is 4. The van der Waals surface area contributed by atoms with E-state index in [0.29, 0.717) is 41.5 Å². The molecule has 0 radical (unpaired) electrons. The molecular formula is C27H31NO8. The summed E-state index contributed by atoms with van der Waals surface area (Å²) in [5, 5.41) is 20.5. The molecule has 0 bridgehead atoms. The molecule has 1 heterocycles. The lowest BCUT2D eigenvalue weighted by atomic mass is 9.87. The third kappa shape index (κ3) is 5.56. The normalized spacial score (nSPS) is 11.6. The molecule has 0 aliphatic rings. The van der Waals surface area contributed by atoms with E-state index in [4.69, 9.17) is 18.9 Å². The first-order chi connectivity index (χ1) is 17.2. The Morgan fingerprint density at radius 1 is 0.917 bits per heavy atom. The van der Waals surface area contributed by atoms with Crippen LogP contribution in [0.5, 0.6) is 28.7 Å². The number of rotatable bonds is 10. The van der Waals surface area contributed by atoms with Crippen molar-refractivity contribution < 1.29 is 34.0 Å². The average Bonchev–Trinajstić information content (AvgIpc) is 2.87. The van der Waals surface area contributed by atoms with Crippen LogP contribution in [0.25, 0.3) is 0 Å². The Kier molecular flexibility index (Phi) is 8.47. The number of hydrogen-bond acceptors (Lipinski definition) is 8. The van der Waals surface area contributed by atoms with E-state index >= 15 is 0 Å². The van der Waals surface area contributed by atoms with Crippen LogP contribution in [-0.4, -0.2) is 49.2 Å². The molecule has 9 nitrogen and oxygen atoms in total. The second-order valence-electron chi connectivity index (χ2n) is 8.24. The minimum Gasteiger partial charge on any atom is -0.508 e. The molecule has 0 spiro atoms. The average molecular weight is 498 g/mol. The fourth-order valence-electron chi connectivity index (χ4n) is 4.22. The Labute approximate surface area is 209 Å². The predicted molar refractivity (Wildman–Crippen MR) is 133 cm³/mol. The number of aromatic hydroxyl groups is 2. The SMILES string of the molecule is COC(=O)C[C@@H](c1cc(OC)c(OC)cc1OC)c1c(O)cc(C)n(CCc2ccc(O)cc2)c1=O. The lowest BCUT2D eigenvalue weighted by molar-refractivity contribution is -0.140. The van der Waals surface area contributed by atoms with Gasteiger partial charge in [0.15, 0.2) is 11.5 Å². The maximum Gasteiger partial charge on any atom is 0.306 e. The van der Waals surface area contributed by atoms with E-state index in [-0.39, 0.29) is 23.5 Å². The van der Waals surface area contributed by atoms with Crippen molar-refractivity contribution in [1.29, 1.82) is 0 Å². The van der Waals surface area contributed by atoms with Crippen molar-refractivity contribution in [2.24, 2.45) is 0 Å². The number of aromatic nitrogens is 1. The van der Waals surface area contributed by atoms with E-state index in [9.17, 15) is 19.8 Å². The van der Waals surface area contributed by atoms with E-state index in [1.54, 1.807) is 47.9 Å². The smallest absolute Gasteiger partial charge is 0.306 e. The highest BCUT2D eigenvalue weighted by Gasteiger charge is 2.30. The van der Waals surface area contributed by atoms with Crippen LogP contribution < -0.4 is 19.8 Å². The van der Waals surface area contributed by atoms with E-state index in [1.165, 1.54) is 34.5 Å². The third-order valence-electron chi connectivity index (χ3n) is 6.14. The molecule has 0 aliphatic heterocycles. The molecule has 3 rings (SSSR count). The van der Waals surface area contributed by atoms with Gasteiger partial charge in [0.1, 0.15) is 17.2 Å². The quantitative estimate of drug-likeness (QED) is 0.409. The molecule has 0 saturated carbocycles. The molecule has 3 aromatic rings. The van der Waals surface area contributed by atoms with Crippen LogP contribution in [0.2, 0.25) is 0 Å². The molecule has 0 unspecified atom stereocenters. The molecule has 0 saturated heterocycles. The monoisotopic (exact) mass is 497 g/mol. The van der Waals surface area contributed by atoms with Gasteiger partial charge in [-0.25, -0.2) is 0 Å². The van der Waals surface area contributed by atoms with Crippen LogP contribution in [0.1, 0.15) is 34.7 Å². The third-order valence-corrected chi connectivity index (χ3v) is 6.14. The van der Waals surface area contributed by atoms with Gasteiger partial charge in [-0.2, -0.15) is 0 Å². The standard InChI is InChI=1S/C27H31NO8/c1-16-12-21(30)26(27(32)28(16)11-10-17-6-8-18(29)9-7-17)20(14-25(31)36-5)19-13-23(34-3)24(35-4)15-22(19)33-2/h6-9,12-13,15,20,29-30H,10-11,14H2,1-5H3/t20-/m0/s1. The second kappa shape index (κ2) is 11.5. The van der Waals surface area contributed by atoms with Crippen LogP contribution in [-0.2, 0) is 22.5 Å².